The molecule has 0 radical (unpaired) electrons. The van der Waals surface area contributed by atoms with Gasteiger partial charge in [-0.25, -0.2) is 4.98 Å². The lowest BCUT2D eigenvalue weighted by molar-refractivity contribution is -0.129. The van der Waals surface area contributed by atoms with Crippen molar-refractivity contribution in [2.45, 2.75) is 19.9 Å². The van der Waals surface area contributed by atoms with E-state index in [1.54, 1.807) is 6.92 Å². The fourth-order valence-corrected chi connectivity index (χ4v) is 5.18. The summed E-state index contributed by atoms with van der Waals surface area (Å²) in [7, 11) is 1.97. The predicted molar refractivity (Wildman–Crippen MR) is 140 cm³/mol. The van der Waals surface area contributed by atoms with Crippen LogP contribution in [0.25, 0.3) is 21.8 Å². The van der Waals surface area contributed by atoms with Crippen molar-refractivity contribution < 1.29 is 9.59 Å². The zero-order chi connectivity index (χ0) is 25.1. The zero-order valence-corrected chi connectivity index (χ0v) is 20.9. The maximum atomic E-state index is 12.9. The number of rotatable bonds is 6. The number of pyridine rings is 1. The van der Waals surface area contributed by atoms with E-state index in [0.717, 1.165) is 35.2 Å². The molecule has 0 saturated carbocycles. The van der Waals surface area contributed by atoms with Crippen LogP contribution in [0.4, 0.5) is 0 Å². The van der Waals surface area contributed by atoms with Crippen molar-refractivity contribution in [3.05, 3.63) is 72.3 Å². The van der Waals surface area contributed by atoms with Crippen LogP contribution >= 0.6 is 0 Å². The third-order valence-corrected chi connectivity index (χ3v) is 7.08. The van der Waals surface area contributed by atoms with E-state index in [1.807, 2.05) is 65.3 Å². The summed E-state index contributed by atoms with van der Waals surface area (Å²) in [5.74, 6) is 1.06. The molecule has 1 N–H and O–H groups in total. The van der Waals surface area contributed by atoms with Gasteiger partial charge < -0.3 is 14.8 Å². The summed E-state index contributed by atoms with van der Waals surface area (Å²) >= 11 is 0. The first-order valence-corrected chi connectivity index (χ1v) is 12.4. The molecule has 1 saturated heterocycles. The van der Waals surface area contributed by atoms with E-state index in [1.165, 1.54) is 10.9 Å². The summed E-state index contributed by atoms with van der Waals surface area (Å²) in [6.07, 6.45) is 4.62. The molecule has 36 heavy (non-hydrogen) atoms. The van der Waals surface area contributed by atoms with Gasteiger partial charge in [0, 0.05) is 57.9 Å². The van der Waals surface area contributed by atoms with E-state index < -0.39 is 0 Å². The van der Waals surface area contributed by atoms with Gasteiger partial charge in [0.15, 0.2) is 0 Å². The SMILES string of the molecule is CC(=O)N1CCN(CC(=O)NCc2nc3ccccc3n2C)C[C@H](Cc2cncc3ccccc23)C1. The van der Waals surface area contributed by atoms with Crippen LogP contribution in [-0.4, -0.2) is 68.9 Å². The van der Waals surface area contributed by atoms with Gasteiger partial charge in [-0.1, -0.05) is 36.4 Å². The van der Waals surface area contributed by atoms with Crippen LogP contribution in [-0.2, 0) is 29.6 Å². The molecule has 1 aliphatic heterocycles. The van der Waals surface area contributed by atoms with E-state index in [9.17, 15) is 9.59 Å². The van der Waals surface area contributed by atoms with Gasteiger partial charge in [-0.3, -0.25) is 19.5 Å². The lowest BCUT2D eigenvalue weighted by atomic mass is 9.96. The van der Waals surface area contributed by atoms with E-state index in [4.69, 9.17) is 0 Å². The number of carbonyl (C=O) groups excluding carboxylic acids is 2. The molecular weight excluding hydrogens is 452 g/mol. The van der Waals surface area contributed by atoms with Crippen LogP contribution in [0, 0.1) is 5.92 Å². The van der Waals surface area contributed by atoms with Gasteiger partial charge in [-0.05, 0) is 35.4 Å². The minimum atomic E-state index is -0.0380. The number of amides is 2. The molecule has 4 aromatic rings. The molecule has 1 atom stereocenters. The molecule has 2 aromatic carbocycles. The number of hydrogen-bond acceptors (Lipinski definition) is 5. The van der Waals surface area contributed by atoms with Crippen LogP contribution in [0.5, 0.6) is 0 Å². The molecule has 186 valence electrons. The number of aromatic nitrogens is 3. The zero-order valence-electron chi connectivity index (χ0n) is 20.9. The molecule has 8 heteroatoms. The predicted octanol–water partition coefficient (Wildman–Crippen LogP) is 2.76. The first kappa shape index (κ1) is 23.9. The second-order valence-corrected chi connectivity index (χ2v) is 9.64. The molecule has 0 aliphatic carbocycles. The van der Waals surface area contributed by atoms with Gasteiger partial charge in [0.05, 0.1) is 24.1 Å². The Morgan fingerprint density at radius 2 is 1.83 bits per heavy atom. The summed E-state index contributed by atoms with van der Waals surface area (Å²) in [5, 5.41) is 5.35. The first-order chi connectivity index (χ1) is 17.5. The van der Waals surface area contributed by atoms with Crippen LogP contribution in [0.2, 0.25) is 0 Å². The van der Waals surface area contributed by atoms with Gasteiger partial charge in [-0.15, -0.1) is 0 Å². The topological polar surface area (TPSA) is 83.4 Å². The summed E-state index contributed by atoms with van der Waals surface area (Å²) in [5.41, 5.74) is 3.14. The Morgan fingerprint density at radius 1 is 1.03 bits per heavy atom. The highest BCUT2D eigenvalue weighted by atomic mass is 16.2. The van der Waals surface area contributed by atoms with Crippen molar-refractivity contribution in [3.63, 3.8) is 0 Å². The van der Waals surface area contributed by atoms with E-state index in [0.29, 0.717) is 32.7 Å². The molecule has 1 aliphatic rings. The summed E-state index contributed by atoms with van der Waals surface area (Å²) in [6, 6.07) is 16.2. The van der Waals surface area contributed by atoms with Crippen LogP contribution in [0.3, 0.4) is 0 Å². The number of carbonyl (C=O) groups is 2. The molecule has 1 fully saturated rings. The number of nitrogens with one attached hydrogen (secondary N) is 1. The van der Waals surface area contributed by atoms with Crippen molar-refractivity contribution in [2.24, 2.45) is 13.0 Å². The number of aryl methyl sites for hydroxylation is 1. The standard InChI is InChI=1S/C28H32N6O2/c1-20(35)34-12-11-33(17-21(18-34)13-23-15-29-14-22-7-3-4-8-24(22)23)19-28(36)30-16-27-31-25-9-5-6-10-26(25)32(27)2/h3-10,14-15,21H,11-13,16-19H2,1-2H3,(H,30,36)/t21-/m0/s1. The fourth-order valence-electron chi connectivity index (χ4n) is 5.18. The van der Waals surface area contributed by atoms with Crippen molar-refractivity contribution in [1.82, 2.24) is 29.7 Å². The molecule has 2 aromatic heterocycles. The van der Waals surface area contributed by atoms with Crippen LogP contribution in [0.1, 0.15) is 18.3 Å². The van der Waals surface area contributed by atoms with E-state index in [2.05, 4.69) is 32.3 Å². The molecule has 3 heterocycles. The second-order valence-electron chi connectivity index (χ2n) is 9.64. The molecule has 5 rings (SSSR count). The Bertz CT molecular complexity index is 1390. The highest BCUT2D eigenvalue weighted by Crippen LogP contribution is 2.22. The molecule has 8 nitrogen and oxygen atoms in total. The van der Waals surface area contributed by atoms with Gasteiger partial charge >= 0.3 is 0 Å². The molecule has 2 amide bonds. The largest absolute Gasteiger partial charge is 0.348 e. The highest BCUT2D eigenvalue weighted by molar-refractivity contribution is 5.84. The number of nitrogens with zero attached hydrogens (tertiary/aromatic N) is 5. The third-order valence-electron chi connectivity index (χ3n) is 7.08. The molecular formula is C28H32N6O2. The van der Waals surface area contributed by atoms with Gasteiger partial charge in [-0.2, -0.15) is 0 Å². The summed E-state index contributed by atoms with van der Waals surface area (Å²) < 4.78 is 2.01. The minimum Gasteiger partial charge on any atom is -0.348 e. The summed E-state index contributed by atoms with van der Waals surface area (Å²) in [6.45, 7) is 5.00. The maximum absolute atomic E-state index is 12.9. The Kier molecular flexibility index (Phi) is 6.95. The smallest absolute Gasteiger partial charge is 0.234 e. The first-order valence-electron chi connectivity index (χ1n) is 12.4. The number of hydrogen-bond donors (Lipinski definition) is 1. The van der Waals surface area contributed by atoms with Crippen molar-refractivity contribution in [3.8, 4) is 0 Å². The van der Waals surface area contributed by atoms with Gasteiger partial charge in [0.25, 0.3) is 0 Å². The lowest BCUT2D eigenvalue weighted by Gasteiger charge is -2.24. The highest BCUT2D eigenvalue weighted by Gasteiger charge is 2.26. The van der Waals surface area contributed by atoms with Crippen molar-refractivity contribution >= 4 is 33.6 Å². The lowest BCUT2D eigenvalue weighted by Crippen LogP contribution is -2.40. The quantitative estimate of drug-likeness (QED) is 0.455. The normalized spacial score (nSPS) is 16.8. The number of imidazole rings is 1. The Hall–Kier alpha value is -3.78. The minimum absolute atomic E-state index is 0.0380. The fraction of sp³-hybridized carbons (Fsp3) is 0.357. The van der Waals surface area contributed by atoms with E-state index >= 15 is 0 Å². The van der Waals surface area contributed by atoms with Gasteiger partial charge in [0.2, 0.25) is 11.8 Å². The Morgan fingerprint density at radius 3 is 2.67 bits per heavy atom. The monoisotopic (exact) mass is 484 g/mol. The molecule has 0 bridgehead atoms. The van der Waals surface area contributed by atoms with Crippen LogP contribution in [0.15, 0.2) is 60.9 Å². The second kappa shape index (κ2) is 10.5. The van der Waals surface area contributed by atoms with Gasteiger partial charge in [0.1, 0.15) is 5.82 Å². The average Bonchev–Trinajstić information content (AvgIpc) is 3.06. The van der Waals surface area contributed by atoms with Crippen molar-refractivity contribution in [2.75, 3.05) is 32.7 Å². The maximum Gasteiger partial charge on any atom is 0.234 e. The Labute approximate surface area is 210 Å². The third kappa shape index (κ3) is 5.23. The molecule has 0 unspecified atom stereocenters. The number of para-hydroxylation sites is 2. The van der Waals surface area contributed by atoms with Crippen LogP contribution < -0.4 is 5.32 Å². The summed E-state index contributed by atoms with van der Waals surface area (Å²) in [4.78, 5) is 38.3. The Balaban J connectivity index is 1.26. The molecule has 0 spiro atoms. The number of fused-ring (bicyclic) bond motifs is 2. The van der Waals surface area contributed by atoms with Crippen molar-refractivity contribution in [1.29, 1.82) is 0 Å². The number of benzene rings is 2. The van der Waals surface area contributed by atoms with E-state index in [-0.39, 0.29) is 17.7 Å². The average molecular weight is 485 g/mol.